The zero-order chi connectivity index (χ0) is 13.9. The Labute approximate surface area is 112 Å². The lowest BCUT2D eigenvalue weighted by Gasteiger charge is -2.07. The summed E-state index contributed by atoms with van der Waals surface area (Å²) in [5.74, 6) is -1.21. The lowest BCUT2D eigenvalue weighted by atomic mass is 10.2. The fraction of sp³-hybridized carbons (Fsp3) is 0.571. The molecule has 0 radical (unpaired) electrons. The summed E-state index contributed by atoms with van der Waals surface area (Å²) in [5.41, 5.74) is 5.37. The van der Waals surface area contributed by atoms with Crippen LogP contribution in [0.2, 0.25) is 0 Å². The Bertz CT molecular complexity index is 361. The smallest absolute Gasteiger partial charge is 0.167 e. The van der Waals surface area contributed by atoms with Crippen LogP contribution in [0.1, 0.15) is 25.7 Å². The van der Waals surface area contributed by atoms with Crippen molar-refractivity contribution < 1.29 is 18.3 Å². The lowest BCUT2D eigenvalue weighted by molar-refractivity contribution is 0.115. The number of hydrogen-bond acceptors (Lipinski definition) is 3. The molecule has 5 heteroatoms. The number of nitrogens with two attached hydrogens (primary N) is 1. The monoisotopic (exact) mass is 273 g/mol. The van der Waals surface area contributed by atoms with E-state index in [1.54, 1.807) is 0 Å². The number of halogens is 2. The Morgan fingerprint density at radius 2 is 1.74 bits per heavy atom. The quantitative estimate of drug-likeness (QED) is 0.667. The van der Waals surface area contributed by atoms with Gasteiger partial charge in [0.05, 0.1) is 6.61 Å². The van der Waals surface area contributed by atoms with Crippen LogP contribution in [0.3, 0.4) is 0 Å². The van der Waals surface area contributed by atoms with Gasteiger partial charge in [0.1, 0.15) is 5.82 Å². The van der Waals surface area contributed by atoms with Crippen molar-refractivity contribution in [3.05, 3.63) is 29.8 Å². The van der Waals surface area contributed by atoms with Crippen LogP contribution < -0.4 is 10.5 Å². The standard InChI is InChI=1S/C14H21F2NO2/c15-12-5-6-14(13(16)11-12)19-10-4-9-18-8-3-1-2-7-17/h5-6,11H,1-4,7-10,17H2. The van der Waals surface area contributed by atoms with Crippen LogP contribution in [-0.4, -0.2) is 26.4 Å². The molecule has 108 valence electrons. The molecular weight excluding hydrogens is 252 g/mol. The van der Waals surface area contributed by atoms with E-state index in [0.29, 0.717) is 26.2 Å². The van der Waals surface area contributed by atoms with Gasteiger partial charge >= 0.3 is 0 Å². The highest BCUT2D eigenvalue weighted by molar-refractivity contribution is 5.24. The molecule has 0 saturated heterocycles. The predicted octanol–water partition coefficient (Wildman–Crippen LogP) is 2.88. The van der Waals surface area contributed by atoms with Crippen molar-refractivity contribution in [1.82, 2.24) is 0 Å². The van der Waals surface area contributed by atoms with Crippen molar-refractivity contribution in [3.63, 3.8) is 0 Å². The van der Waals surface area contributed by atoms with Crippen molar-refractivity contribution >= 4 is 0 Å². The number of hydrogen-bond donors (Lipinski definition) is 1. The molecule has 0 atom stereocenters. The van der Waals surface area contributed by atoms with Gasteiger partial charge in [-0.15, -0.1) is 0 Å². The second-order valence-corrected chi connectivity index (χ2v) is 4.24. The van der Waals surface area contributed by atoms with E-state index in [2.05, 4.69) is 0 Å². The van der Waals surface area contributed by atoms with E-state index in [4.69, 9.17) is 15.2 Å². The maximum Gasteiger partial charge on any atom is 0.167 e. The number of unbranched alkanes of at least 4 members (excludes halogenated alkanes) is 2. The topological polar surface area (TPSA) is 44.5 Å². The highest BCUT2D eigenvalue weighted by Gasteiger charge is 2.04. The molecule has 0 heterocycles. The summed E-state index contributed by atoms with van der Waals surface area (Å²) in [6, 6.07) is 3.27. The van der Waals surface area contributed by atoms with Crippen molar-refractivity contribution in [2.75, 3.05) is 26.4 Å². The minimum Gasteiger partial charge on any atom is -0.490 e. The van der Waals surface area contributed by atoms with Crippen LogP contribution in [0.4, 0.5) is 8.78 Å². The van der Waals surface area contributed by atoms with E-state index in [1.807, 2.05) is 0 Å². The first kappa shape index (κ1) is 15.9. The average molecular weight is 273 g/mol. The van der Waals surface area contributed by atoms with Gasteiger partial charge in [-0.2, -0.15) is 0 Å². The summed E-state index contributed by atoms with van der Waals surface area (Å²) < 4.78 is 36.4. The molecule has 0 amide bonds. The van der Waals surface area contributed by atoms with Gasteiger partial charge < -0.3 is 15.2 Å². The molecular formula is C14H21F2NO2. The van der Waals surface area contributed by atoms with Crippen molar-refractivity contribution in [2.24, 2.45) is 5.73 Å². The van der Waals surface area contributed by atoms with Gasteiger partial charge in [-0.25, -0.2) is 8.78 Å². The van der Waals surface area contributed by atoms with E-state index < -0.39 is 11.6 Å². The van der Waals surface area contributed by atoms with Gasteiger partial charge in [0.15, 0.2) is 11.6 Å². The summed E-state index contributed by atoms with van der Waals surface area (Å²) in [4.78, 5) is 0. The second-order valence-electron chi connectivity index (χ2n) is 4.24. The van der Waals surface area contributed by atoms with Crippen LogP contribution in [0.15, 0.2) is 18.2 Å². The molecule has 0 aliphatic rings. The second kappa shape index (κ2) is 9.69. The number of rotatable bonds is 10. The molecule has 2 N–H and O–H groups in total. The minimum absolute atomic E-state index is 0.0735. The van der Waals surface area contributed by atoms with E-state index in [0.717, 1.165) is 31.9 Å². The highest BCUT2D eigenvalue weighted by atomic mass is 19.1. The summed E-state index contributed by atoms with van der Waals surface area (Å²) in [6.45, 7) is 2.36. The highest BCUT2D eigenvalue weighted by Crippen LogP contribution is 2.17. The van der Waals surface area contributed by atoms with Crippen LogP contribution in [0.25, 0.3) is 0 Å². The van der Waals surface area contributed by atoms with Crippen LogP contribution in [0.5, 0.6) is 5.75 Å². The maximum absolute atomic E-state index is 13.2. The zero-order valence-corrected chi connectivity index (χ0v) is 11.0. The lowest BCUT2D eigenvalue weighted by Crippen LogP contribution is -2.05. The molecule has 0 saturated carbocycles. The van der Waals surface area contributed by atoms with Crippen molar-refractivity contribution in [2.45, 2.75) is 25.7 Å². The first-order chi connectivity index (χ1) is 9.24. The molecule has 0 bridgehead atoms. The van der Waals surface area contributed by atoms with Gasteiger partial charge in [-0.1, -0.05) is 0 Å². The Morgan fingerprint density at radius 3 is 2.47 bits per heavy atom. The molecule has 0 unspecified atom stereocenters. The Hall–Kier alpha value is -1.20. The molecule has 0 aliphatic heterocycles. The first-order valence-electron chi connectivity index (χ1n) is 6.59. The minimum atomic E-state index is -0.678. The van der Waals surface area contributed by atoms with Crippen LogP contribution in [-0.2, 0) is 4.74 Å². The zero-order valence-electron chi connectivity index (χ0n) is 11.0. The van der Waals surface area contributed by atoms with Gasteiger partial charge in [0.25, 0.3) is 0 Å². The summed E-state index contributed by atoms with van der Waals surface area (Å²) >= 11 is 0. The van der Waals surface area contributed by atoms with Crippen molar-refractivity contribution in [1.29, 1.82) is 0 Å². The van der Waals surface area contributed by atoms with Gasteiger partial charge in [0, 0.05) is 25.7 Å². The average Bonchev–Trinajstić information content (AvgIpc) is 2.39. The predicted molar refractivity (Wildman–Crippen MR) is 70.2 cm³/mol. The van der Waals surface area contributed by atoms with Crippen LogP contribution >= 0.6 is 0 Å². The van der Waals surface area contributed by atoms with Crippen LogP contribution in [0, 0.1) is 11.6 Å². The molecule has 0 spiro atoms. The normalized spacial score (nSPS) is 10.7. The van der Waals surface area contributed by atoms with E-state index >= 15 is 0 Å². The van der Waals surface area contributed by atoms with E-state index in [1.165, 1.54) is 12.1 Å². The summed E-state index contributed by atoms with van der Waals surface area (Å²) in [6.07, 6.45) is 3.78. The van der Waals surface area contributed by atoms with E-state index in [9.17, 15) is 8.78 Å². The van der Waals surface area contributed by atoms with Gasteiger partial charge in [-0.05, 0) is 37.9 Å². The van der Waals surface area contributed by atoms with Gasteiger partial charge in [0.2, 0.25) is 0 Å². The molecule has 1 aromatic rings. The molecule has 1 rings (SSSR count). The third-order valence-corrected chi connectivity index (χ3v) is 2.58. The largest absolute Gasteiger partial charge is 0.490 e. The molecule has 0 fully saturated rings. The molecule has 1 aromatic carbocycles. The fourth-order valence-corrected chi connectivity index (χ4v) is 1.56. The third-order valence-electron chi connectivity index (χ3n) is 2.58. The fourth-order valence-electron chi connectivity index (χ4n) is 1.56. The number of benzene rings is 1. The number of ether oxygens (including phenoxy) is 2. The van der Waals surface area contributed by atoms with Gasteiger partial charge in [-0.3, -0.25) is 0 Å². The molecule has 19 heavy (non-hydrogen) atoms. The SMILES string of the molecule is NCCCCCOCCCOc1ccc(F)cc1F. The maximum atomic E-state index is 13.2. The third kappa shape index (κ3) is 7.08. The molecule has 0 aromatic heterocycles. The Balaban J connectivity index is 2.01. The van der Waals surface area contributed by atoms with Crippen molar-refractivity contribution in [3.8, 4) is 5.75 Å². The summed E-state index contributed by atoms with van der Waals surface area (Å²) in [5, 5.41) is 0. The Kier molecular flexibility index (Phi) is 8.09. The first-order valence-corrected chi connectivity index (χ1v) is 6.59. The van der Waals surface area contributed by atoms with E-state index in [-0.39, 0.29) is 5.75 Å². The molecule has 0 aliphatic carbocycles. The molecule has 3 nitrogen and oxygen atoms in total. The Morgan fingerprint density at radius 1 is 0.947 bits per heavy atom. The summed E-state index contributed by atoms with van der Waals surface area (Å²) in [7, 11) is 0.